The number of rotatable bonds is 6. The third-order valence-corrected chi connectivity index (χ3v) is 8.46. The van der Waals surface area contributed by atoms with E-state index >= 15 is 0 Å². The molecule has 0 atom stereocenters. The van der Waals surface area contributed by atoms with Crippen molar-refractivity contribution >= 4 is 21.5 Å². The topological polar surface area (TPSA) is 102 Å². The second-order valence-electron chi connectivity index (χ2n) is 8.91. The first-order chi connectivity index (χ1) is 14.7. The van der Waals surface area contributed by atoms with Crippen LogP contribution in [-0.4, -0.2) is 68.5 Å². The van der Waals surface area contributed by atoms with Crippen molar-refractivity contribution in [2.75, 3.05) is 25.0 Å². The zero-order valence-corrected chi connectivity index (χ0v) is 19.3. The summed E-state index contributed by atoms with van der Waals surface area (Å²) in [6.07, 6.45) is 2.26. The summed E-state index contributed by atoms with van der Waals surface area (Å²) in [5.74, 6) is 2.19. The van der Waals surface area contributed by atoms with E-state index in [-0.39, 0.29) is 12.1 Å². The summed E-state index contributed by atoms with van der Waals surface area (Å²) >= 11 is 0. The van der Waals surface area contributed by atoms with Crippen LogP contribution in [0.5, 0.6) is 0 Å². The first-order valence-electron chi connectivity index (χ1n) is 10.7. The Morgan fingerprint density at radius 3 is 2.42 bits per heavy atom. The van der Waals surface area contributed by atoms with Gasteiger partial charge in [-0.15, -0.1) is 15.3 Å². The normalized spacial score (nSPS) is 17.8. The average molecular weight is 445 g/mol. The minimum atomic E-state index is -3.64. The molecule has 1 saturated heterocycles. The quantitative estimate of drug-likeness (QED) is 0.572. The molecule has 1 aliphatic carbocycles. The van der Waals surface area contributed by atoms with Crippen LogP contribution in [0, 0.1) is 13.8 Å². The fourth-order valence-electron chi connectivity index (χ4n) is 4.30. The van der Waals surface area contributed by atoms with Gasteiger partial charge in [-0.1, -0.05) is 0 Å². The van der Waals surface area contributed by atoms with Gasteiger partial charge in [0.05, 0.1) is 17.4 Å². The molecule has 3 aromatic heterocycles. The van der Waals surface area contributed by atoms with Crippen molar-refractivity contribution in [3.63, 3.8) is 0 Å². The van der Waals surface area contributed by atoms with Crippen LogP contribution in [0.3, 0.4) is 0 Å². The lowest BCUT2D eigenvalue weighted by molar-refractivity contribution is 0.308. The molecule has 31 heavy (non-hydrogen) atoms. The zero-order chi connectivity index (χ0) is 22.1. The maximum atomic E-state index is 13.4. The fraction of sp³-hybridized carbons (Fsp3) is 0.600. The van der Waals surface area contributed by atoms with Gasteiger partial charge in [-0.2, -0.15) is 13.9 Å². The van der Waals surface area contributed by atoms with Gasteiger partial charge < -0.3 is 4.90 Å². The molecule has 0 aromatic carbocycles. The number of sulfonamides is 1. The molecule has 0 amide bonds. The Balaban J connectivity index is 1.35. The molecule has 2 aliphatic rings. The van der Waals surface area contributed by atoms with Crippen molar-refractivity contribution in [2.45, 2.75) is 63.4 Å². The van der Waals surface area contributed by atoms with Crippen molar-refractivity contribution in [2.24, 2.45) is 0 Å². The molecule has 0 spiro atoms. The second kappa shape index (κ2) is 6.99. The molecule has 4 heterocycles. The predicted molar refractivity (Wildman–Crippen MR) is 116 cm³/mol. The number of hydrogen-bond donors (Lipinski definition) is 0. The minimum absolute atomic E-state index is 0.103. The number of fused-ring (bicyclic) bond motifs is 1. The molecule has 11 heteroatoms. The highest BCUT2D eigenvalue weighted by molar-refractivity contribution is 7.89. The smallest absolute Gasteiger partial charge is 0.246 e. The molecule has 0 bridgehead atoms. The van der Waals surface area contributed by atoms with Gasteiger partial charge in [-0.3, -0.25) is 4.68 Å². The first kappa shape index (κ1) is 20.4. The molecule has 166 valence electrons. The minimum Gasteiger partial charge on any atom is -0.352 e. The molecule has 1 aliphatic heterocycles. The van der Waals surface area contributed by atoms with Gasteiger partial charge >= 0.3 is 0 Å². The van der Waals surface area contributed by atoms with Crippen LogP contribution in [0.25, 0.3) is 5.65 Å². The van der Waals surface area contributed by atoms with Crippen LogP contribution in [0.1, 0.15) is 55.9 Å². The van der Waals surface area contributed by atoms with E-state index < -0.39 is 10.0 Å². The lowest BCUT2D eigenvalue weighted by Crippen LogP contribution is -2.60. The van der Waals surface area contributed by atoms with Crippen molar-refractivity contribution in [1.82, 2.24) is 33.9 Å². The lowest BCUT2D eigenvalue weighted by atomic mass is 10.1. The Bertz CT molecular complexity index is 1250. The van der Waals surface area contributed by atoms with Gasteiger partial charge in [0.15, 0.2) is 11.5 Å². The molecular weight excluding hydrogens is 416 g/mol. The van der Waals surface area contributed by atoms with Crippen molar-refractivity contribution in [3.05, 3.63) is 29.3 Å². The van der Waals surface area contributed by atoms with Crippen LogP contribution in [0.4, 0.5) is 5.82 Å². The number of anilines is 1. The first-order valence-corrected chi connectivity index (χ1v) is 12.1. The molecule has 3 aromatic rings. The monoisotopic (exact) mass is 444 g/mol. The molecule has 0 N–H and O–H groups in total. The predicted octanol–water partition coefficient (Wildman–Crippen LogP) is 1.91. The molecule has 10 nitrogen and oxygen atoms in total. The van der Waals surface area contributed by atoms with E-state index in [9.17, 15) is 8.42 Å². The van der Waals surface area contributed by atoms with E-state index in [0.29, 0.717) is 35.3 Å². The summed E-state index contributed by atoms with van der Waals surface area (Å²) in [5.41, 5.74) is 1.97. The van der Waals surface area contributed by atoms with Gasteiger partial charge in [0.2, 0.25) is 10.0 Å². The van der Waals surface area contributed by atoms with Gasteiger partial charge in [-0.25, -0.2) is 8.42 Å². The molecule has 0 radical (unpaired) electrons. The number of hydrogen-bond acceptors (Lipinski definition) is 7. The summed E-state index contributed by atoms with van der Waals surface area (Å²) in [5, 5.41) is 17.6. The molecule has 0 unspecified atom stereocenters. The molecular formula is C20H28N8O2S. The number of aryl methyl sites for hydroxylation is 1. The van der Waals surface area contributed by atoms with E-state index in [0.717, 1.165) is 30.1 Å². The van der Waals surface area contributed by atoms with Gasteiger partial charge in [-0.05, 0) is 52.7 Å². The summed E-state index contributed by atoms with van der Waals surface area (Å²) in [6.45, 7) is 8.76. The summed E-state index contributed by atoms with van der Waals surface area (Å²) in [7, 11) is -1.98. The molecule has 5 rings (SSSR count). The number of likely N-dealkylation sites (N-methyl/N-ethyl adjacent to an activating group) is 1. The highest BCUT2D eigenvalue weighted by Gasteiger charge is 2.40. The number of aromatic nitrogens is 6. The van der Waals surface area contributed by atoms with Crippen molar-refractivity contribution < 1.29 is 8.42 Å². The second-order valence-corrected chi connectivity index (χ2v) is 10.8. The lowest BCUT2D eigenvalue weighted by Gasteiger charge is -2.43. The summed E-state index contributed by atoms with van der Waals surface area (Å²) in [6, 6.07) is 3.83. The molecule has 2 fully saturated rings. The van der Waals surface area contributed by atoms with Gasteiger partial charge in [0.25, 0.3) is 0 Å². The highest BCUT2D eigenvalue weighted by Crippen LogP contribution is 2.39. The van der Waals surface area contributed by atoms with Crippen LogP contribution in [0.15, 0.2) is 17.0 Å². The number of nitrogens with zero attached hydrogens (tertiary/aromatic N) is 8. The highest BCUT2D eigenvalue weighted by atomic mass is 32.2. The zero-order valence-electron chi connectivity index (χ0n) is 18.5. The summed E-state index contributed by atoms with van der Waals surface area (Å²) < 4.78 is 31.8. The Labute approximate surface area is 181 Å². The SMILES string of the molecule is Cc1nn(C(C)C)c(C)c1S(=O)(=O)N(C)C1CN(c2ccc3nnc(C4CC4)n3n2)C1. The van der Waals surface area contributed by atoms with E-state index in [4.69, 9.17) is 5.10 Å². The van der Waals surface area contributed by atoms with Crippen molar-refractivity contribution in [1.29, 1.82) is 0 Å². The average Bonchev–Trinajstić information content (AvgIpc) is 3.35. The van der Waals surface area contributed by atoms with Crippen LogP contribution >= 0.6 is 0 Å². The Kier molecular flexibility index (Phi) is 4.60. The van der Waals surface area contributed by atoms with Crippen LogP contribution in [-0.2, 0) is 10.0 Å². The maximum absolute atomic E-state index is 13.4. The third-order valence-electron chi connectivity index (χ3n) is 6.30. The summed E-state index contributed by atoms with van der Waals surface area (Å²) in [4.78, 5) is 2.41. The standard InChI is InChI=1S/C20H28N8O2S/c1-12(2)27-14(4)19(13(3)23-27)31(29,30)25(5)16-10-26(11-16)18-9-8-17-21-22-20(15-6-7-15)28(17)24-18/h8-9,12,15-16H,6-7,10-11H2,1-5H3. The van der Waals surface area contributed by atoms with E-state index in [1.807, 2.05) is 37.4 Å². The maximum Gasteiger partial charge on any atom is 0.246 e. The van der Waals surface area contributed by atoms with E-state index in [1.165, 1.54) is 4.31 Å². The largest absolute Gasteiger partial charge is 0.352 e. The third kappa shape index (κ3) is 3.21. The van der Waals surface area contributed by atoms with Crippen molar-refractivity contribution in [3.8, 4) is 0 Å². The Hall–Kier alpha value is -2.53. The Morgan fingerprint density at radius 2 is 1.81 bits per heavy atom. The van der Waals surface area contributed by atoms with Gasteiger partial charge in [0.1, 0.15) is 10.7 Å². The van der Waals surface area contributed by atoms with E-state index in [1.54, 1.807) is 18.7 Å². The Morgan fingerprint density at radius 1 is 1.10 bits per heavy atom. The van der Waals surface area contributed by atoms with Gasteiger partial charge in [0, 0.05) is 32.1 Å². The van der Waals surface area contributed by atoms with Crippen LogP contribution < -0.4 is 4.90 Å². The van der Waals surface area contributed by atoms with E-state index in [2.05, 4.69) is 20.2 Å². The fourth-order valence-corrected chi connectivity index (χ4v) is 5.99. The molecule has 1 saturated carbocycles. The van der Waals surface area contributed by atoms with Crippen LogP contribution in [0.2, 0.25) is 0 Å².